The fourth-order valence-corrected chi connectivity index (χ4v) is 2.93. The van der Waals surface area contributed by atoms with Gasteiger partial charge in [-0.05, 0) is 25.6 Å². The highest BCUT2D eigenvalue weighted by Crippen LogP contribution is 2.40. The molecule has 0 saturated carbocycles. The molecule has 3 nitrogen and oxygen atoms in total. The van der Waals surface area contributed by atoms with E-state index in [2.05, 4.69) is 12.2 Å². The van der Waals surface area contributed by atoms with Crippen LogP contribution in [0.5, 0.6) is 11.5 Å². The smallest absolute Gasteiger partial charge is 0.146 e. The highest BCUT2D eigenvalue weighted by atomic mass is 35.5. The summed E-state index contributed by atoms with van der Waals surface area (Å²) in [5, 5.41) is 3.91. The van der Waals surface area contributed by atoms with Crippen molar-refractivity contribution in [3.63, 3.8) is 0 Å². The van der Waals surface area contributed by atoms with Gasteiger partial charge in [0, 0.05) is 11.6 Å². The molecule has 1 rings (SSSR count). The molecule has 0 aliphatic heterocycles. The highest BCUT2D eigenvalue weighted by Gasteiger charge is 2.19. The molecule has 0 heterocycles. The van der Waals surface area contributed by atoms with Crippen LogP contribution in [0.2, 0.25) is 5.02 Å². The predicted octanol–water partition coefficient (Wildman–Crippen LogP) is 4.98. The molecule has 0 bridgehead atoms. The minimum Gasteiger partial charge on any atom is -0.495 e. The third kappa shape index (κ3) is 5.08. The Balaban J connectivity index is 2.78. The topological polar surface area (TPSA) is 30.5 Å². The minimum atomic E-state index is 0.255. The first-order valence-corrected chi connectivity index (χ1v) is 8.15. The van der Waals surface area contributed by atoms with Crippen LogP contribution < -0.4 is 14.8 Å². The van der Waals surface area contributed by atoms with Gasteiger partial charge < -0.3 is 14.8 Å². The lowest BCUT2D eigenvalue weighted by atomic mass is 9.98. The molecule has 4 heteroatoms. The molecule has 1 atom stereocenters. The van der Waals surface area contributed by atoms with Gasteiger partial charge in [-0.15, -0.1) is 0 Å². The van der Waals surface area contributed by atoms with Crippen LogP contribution in [-0.2, 0) is 0 Å². The first-order valence-electron chi connectivity index (χ1n) is 7.77. The van der Waals surface area contributed by atoms with Gasteiger partial charge in [-0.2, -0.15) is 0 Å². The summed E-state index contributed by atoms with van der Waals surface area (Å²) in [4.78, 5) is 0. The van der Waals surface area contributed by atoms with Gasteiger partial charge in [-0.25, -0.2) is 0 Å². The fraction of sp³-hybridized carbons (Fsp3) is 0.647. The van der Waals surface area contributed by atoms with Gasteiger partial charge in [0.05, 0.1) is 14.2 Å². The number of nitrogens with one attached hydrogen (secondary N) is 1. The maximum atomic E-state index is 6.34. The molecule has 1 aromatic carbocycles. The number of rotatable bonds is 10. The lowest BCUT2D eigenvalue weighted by Gasteiger charge is -2.21. The Morgan fingerprint density at radius 2 is 1.81 bits per heavy atom. The van der Waals surface area contributed by atoms with Crippen LogP contribution in [0.1, 0.15) is 57.1 Å². The quantitative estimate of drug-likeness (QED) is 0.618. The Morgan fingerprint density at radius 1 is 1.10 bits per heavy atom. The Bertz CT molecular complexity index is 423. The maximum absolute atomic E-state index is 6.34. The Hall–Kier alpha value is -0.930. The molecule has 0 aromatic heterocycles. The molecule has 1 unspecified atom stereocenters. The Kier molecular flexibility index (Phi) is 8.55. The molecular formula is C17H28ClNO2. The van der Waals surface area contributed by atoms with Gasteiger partial charge in [0.25, 0.3) is 0 Å². The first kappa shape index (κ1) is 18.1. The largest absolute Gasteiger partial charge is 0.495 e. The van der Waals surface area contributed by atoms with E-state index in [-0.39, 0.29) is 6.04 Å². The molecule has 0 spiro atoms. The Morgan fingerprint density at radius 3 is 2.38 bits per heavy atom. The highest BCUT2D eigenvalue weighted by molar-refractivity contribution is 6.33. The van der Waals surface area contributed by atoms with E-state index in [9.17, 15) is 0 Å². The number of benzene rings is 1. The van der Waals surface area contributed by atoms with Crippen LogP contribution in [0.15, 0.2) is 12.1 Å². The third-order valence-electron chi connectivity index (χ3n) is 3.84. The summed E-state index contributed by atoms with van der Waals surface area (Å²) in [5.74, 6) is 1.36. The molecule has 21 heavy (non-hydrogen) atoms. The standard InChI is InChI=1S/C17H28ClNO2/c1-5-6-7-8-9-10-14(19-2)13-11-12-15(20-3)16(18)17(13)21-4/h11-12,14,19H,5-10H2,1-4H3. The summed E-state index contributed by atoms with van der Waals surface area (Å²) in [6.45, 7) is 2.24. The van der Waals surface area contributed by atoms with Crippen LogP contribution in [-0.4, -0.2) is 21.3 Å². The normalized spacial score (nSPS) is 12.2. The molecule has 0 radical (unpaired) electrons. The number of methoxy groups -OCH3 is 2. The maximum Gasteiger partial charge on any atom is 0.146 e. The molecule has 0 aliphatic rings. The zero-order valence-corrected chi connectivity index (χ0v) is 14.4. The van der Waals surface area contributed by atoms with E-state index in [0.29, 0.717) is 16.5 Å². The van der Waals surface area contributed by atoms with Crippen molar-refractivity contribution in [2.45, 2.75) is 51.5 Å². The lowest BCUT2D eigenvalue weighted by Crippen LogP contribution is -2.17. The fourth-order valence-electron chi connectivity index (χ4n) is 2.60. The summed E-state index contributed by atoms with van der Waals surface area (Å²) in [6.07, 6.45) is 7.47. The van der Waals surface area contributed by atoms with E-state index >= 15 is 0 Å². The molecule has 1 aromatic rings. The average molecular weight is 314 g/mol. The summed E-state index contributed by atoms with van der Waals surface area (Å²) < 4.78 is 10.7. The summed E-state index contributed by atoms with van der Waals surface area (Å²) in [7, 11) is 5.25. The van der Waals surface area contributed by atoms with Crippen molar-refractivity contribution in [1.29, 1.82) is 0 Å². The van der Waals surface area contributed by atoms with Gasteiger partial charge in [0.1, 0.15) is 16.5 Å². The monoisotopic (exact) mass is 313 g/mol. The Labute approximate surface area is 134 Å². The number of ether oxygens (including phenoxy) is 2. The van der Waals surface area contributed by atoms with Crippen molar-refractivity contribution in [1.82, 2.24) is 5.32 Å². The molecular weight excluding hydrogens is 286 g/mol. The third-order valence-corrected chi connectivity index (χ3v) is 4.19. The summed E-state index contributed by atoms with van der Waals surface area (Å²) in [6, 6.07) is 4.20. The van der Waals surface area contributed by atoms with Gasteiger partial charge in [0.2, 0.25) is 0 Å². The van der Waals surface area contributed by atoms with E-state index in [1.54, 1.807) is 14.2 Å². The number of hydrogen-bond acceptors (Lipinski definition) is 3. The van der Waals surface area contributed by atoms with Crippen molar-refractivity contribution < 1.29 is 9.47 Å². The molecule has 120 valence electrons. The second-order valence-corrected chi connectivity index (χ2v) is 5.63. The van der Waals surface area contributed by atoms with Crippen molar-refractivity contribution in [3.05, 3.63) is 22.7 Å². The average Bonchev–Trinajstić information content (AvgIpc) is 2.51. The molecule has 0 fully saturated rings. The van der Waals surface area contributed by atoms with Gasteiger partial charge in [-0.1, -0.05) is 50.6 Å². The van der Waals surface area contributed by atoms with Crippen molar-refractivity contribution in [3.8, 4) is 11.5 Å². The van der Waals surface area contributed by atoms with E-state index < -0.39 is 0 Å². The van der Waals surface area contributed by atoms with Crippen LogP contribution in [0, 0.1) is 0 Å². The number of hydrogen-bond donors (Lipinski definition) is 1. The van der Waals surface area contributed by atoms with Crippen LogP contribution in [0.4, 0.5) is 0 Å². The van der Waals surface area contributed by atoms with Gasteiger partial charge in [-0.3, -0.25) is 0 Å². The molecule has 0 amide bonds. The van der Waals surface area contributed by atoms with Crippen molar-refractivity contribution >= 4 is 11.6 Å². The zero-order valence-electron chi connectivity index (χ0n) is 13.7. The summed E-state index contributed by atoms with van der Waals surface area (Å²) >= 11 is 6.34. The summed E-state index contributed by atoms with van der Waals surface area (Å²) in [5.41, 5.74) is 1.10. The van der Waals surface area contributed by atoms with E-state index in [1.165, 1.54) is 32.1 Å². The van der Waals surface area contributed by atoms with Gasteiger partial charge in [0.15, 0.2) is 0 Å². The second-order valence-electron chi connectivity index (χ2n) is 5.25. The zero-order chi connectivity index (χ0) is 15.7. The van der Waals surface area contributed by atoms with E-state index in [4.69, 9.17) is 21.1 Å². The van der Waals surface area contributed by atoms with Crippen LogP contribution >= 0.6 is 11.6 Å². The number of unbranched alkanes of at least 4 members (excludes halogenated alkanes) is 4. The molecule has 0 aliphatic carbocycles. The lowest BCUT2D eigenvalue weighted by molar-refractivity contribution is 0.383. The van der Waals surface area contributed by atoms with Crippen molar-refractivity contribution in [2.75, 3.05) is 21.3 Å². The minimum absolute atomic E-state index is 0.255. The van der Waals surface area contributed by atoms with Crippen LogP contribution in [0.25, 0.3) is 0 Å². The first-order chi connectivity index (χ1) is 10.2. The SMILES string of the molecule is CCCCCCCC(NC)c1ccc(OC)c(Cl)c1OC. The van der Waals surface area contributed by atoms with E-state index in [0.717, 1.165) is 12.0 Å². The molecule has 1 N–H and O–H groups in total. The van der Waals surface area contributed by atoms with E-state index in [1.807, 2.05) is 19.2 Å². The predicted molar refractivity (Wildman–Crippen MR) is 89.7 cm³/mol. The van der Waals surface area contributed by atoms with Crippen molar-refractivity contribution in [2.24, 2.45) is 0 Å². The van der Waals surface area contributed by atoms with Crippen LogP contribution in [0.3, 0.4) is 0 Å². The second kappa shape index (κ2) is 9.91. The molecule has 0 saturated heterocycles. The van der Waals surface area contributed by atoms with Gasteiger partial charge >= 0.3 is 0 Å². The number of halogens is 1.